The zero-order valence-corrected chi connectivity index (χ0v) is 13.3. The first kappa shape index (κ1) is 18.4. The molecular formula is C15H31NO3. The van der Waals surface area contributed by atoms with Crippen LogP contribution in [-0.4, -0.2) is 37.9 Å². The van der Waals surface area contributed by atoms with Crippen molar-refractivity contribution in [3.8, 4) is 0 Å². The van der Waals surface area contributed by atoms with Gasteiger partial charge < -0.3 is 14.8 Å². The molecule has 0 aliphatic heterocycles. The largest absolute Gasteiger partial charge is 0.468 e. The van der Waals surface area contributed by atoms with Gasteiger partial charge in [-0.05, 0) is 46.1 Å². The Morgan fingerprint density at radius 1 is 1.32 bits per heavy atom. The van der Waals surface area contributed by atoms with Crippen LogP contribution in [0.1, 0.15) is 59.8 Å². The topological polar surface area (TPSA) is 47.6 Å². The van der Waals surface area contributed by atoms with Crippen LogP contribution in [0.2, 0.25) is 0 Å². The zero-order chi connectivity index (χ0) is 14.7. The molecule has 0 aromatic carbocycles. The van der Waals surface area contributed by atoms with Gasteiger partial charge in [-0.15, -0.1) is 0 Å². The van der Waals surface area contributed by atoms with Crippen molar-refractivity contribution in [3.63, 3.8) is 0 Å². The number of hydrogen-bond donors (Lipinski definition) is 1. The van der Waals surface area contributed by atoms with Gasteiger partial charge in [0.2, 0.25) is 0 Å². The summed E-state index contributed by atoms with van der Waals surface area (Å²) in [7, 11) is 1.44. The van der Waals surface area contributed by atoms with E-state index in [0.29, 0.717) is 6.10 Å². The SMILES string of the molecule is CCCC(C)OCCCCC(C)(NCC)C(=O)OC. The number of hydrogen-bond acceptors (Lipinski definition) is 4. The molecule has 0 fully saturated rings. The predicted molar refractivity (Wildman–Crippen MR) is 78.3 cm³/mol. The molecule has 4 heteroatoms. The lowest BCUT2D eigenvalue weighted by Crippen LogP contribution is -2.50. The second-order valence-corrected chi connectivity index (χ2v) is 5.28. The quantitative estimate of drug-likeness (QED) is 0.464. The molecule has 4 nitrogen and oxygen atoms in total. The normalized spacial score (nSPS) is 15.8. The summed E-state index contributed by atoms with van der Waals surface area (Å²) in [4.78, 5) is 11.8. The van der Waals surface area contributed by atoms with Crippen molar-refractivity contribution < 1.29 is 14.3 Å². The number of methoxy groups -OCH3 is 1. The Bertz CT molecular complexity index is 246. The Hall–Kier alpha value is -0.610. The molecule has 0 rings (SSSR count). The molecule has 0 spiro atoms. The lowest BCUT2D eigenvalue weighted by molar-refractivity contribution is -0.148. The summed E-state index contributed by atoms with van der Waals surface area (Å²) in [5.74, 6) is -0.186. The minimum Gasteiger partial charge on any atom is -0.468 e. The van der Waals surface area contributed by atoms with Gasteiger partial charge in [0.15, 0.2) is 0 Å². The Balaban J connectivity index is 3.91. The molecule has 114 valence electrons. The lowest BCUT2D eigenvalue weighted by atomic mass is 9.95. The van der Waals surface area contributed by atoms with Gasteiger partial charge in [0.25, 0.3) is 0 Å². The van der Waals surface area contributed by atoms with Crippen molar-refractivity contribution in [2.75, 3.05) is 20.3 Å². The molecule has 0 aliphatic carbocycles. The van der Waals surface area contributed by atoms with Crippen LogP contribution in [0.5, 0.6) is 0 Å². The van der Waals surface area contributed by atoms with Gasteiger partial charge in [0, 0.05) is 6.61 Å². The maximum Gasteiger partial charge on any atom is 0.325 e. The Morgan fingerprint density at radius 3 is 2.53 bits per heavy atom. The highest BCUT2D eigenvalue weighted by Gasteiger charge is 2.32. The van der Waals surface area contributed by atoms with Gasteiger partial charge in [-0.2, -0.15) is 0 Å². The van der Waals surface area contributed by atoms with Gasteiger partial charge >= 0.3 is 5.97 Å². The van der Waals surface area contributed by atoms with Crippen LogP contribution in [0, 0.1) is 0 Å². The fourth-order valence-corrected chi connectivity index (χ4v) is 2.23. The minimum absolute atomic E-state index is 0.186. The van der Waals surface area contributed by atoms with Gasteiger partial charge in [0.1, 0.15) is 5.54 Å². The maximum absolute atomic E-state index is 11.8. The van der Waals surface area contributed by atoms with E-state index in [0.717, 1.165) is 45.3 Å². The van der Waals surface area contributed by atoms with E-state index in [1.165, 1.54) is 7.11 Å². The zero-order valence-electron chi connectivity index (χ0n) is 13.3. The maximum atomic E-state index is 11.8. The van der Waals surface area contributed by atoms with Gasteiger partial charge in [-0.25, -0.2) is 0 Å². The molecule has 19 heavy (non-hydrogen) atoms. The molecule has 0 radical (unpaired) electrons. The first-order chi connectivity index (χ1) is 9.00. The smallest absolute Gasteiger partial charge is 0.325 e. The molecule has 0 aromatic heterocycles. The molecule has 0 saturated carbocycles. The molecule has 1 N–H and O–H groups in total. The van der Waals surface area contributed by atoms with E-state index >= 15 is 0 Å². The van der Waals surface area contributed by atoms with Crippen molar-refractivity contribution >= 4 is 5.97 Å². The van der Waals surface area contributed by atoms with Crippen LogP contribution in [0.25, 0.3) is 0 Å². The monoisotopic (exact) mass is 273 g/mol. The van der Waals surface area contributed by atoms with E-state index in [4.69, 9.17) is 9.47 Å². The van der Waals surface area contributed by atoms with Crippen molar-refractivity contribution in [3.05, 3.63) is 0 Å². The number of likely N-dealkylation sites (N-methyl/N-ethyl adjacent to an activating group) is 1. The van der Waals surface area contributed by atoms with Crippen LogP contribution in [0.4, 0.5) is 0 Å². The van der Waals surface area contributed by atoms with Gasteiger partial charge in [0.05, 0.1) is 13.2 Å². The van der Waals surface area contributed by atoms with Crippen LogP contribution in [-0.2, 0) is 14.3 Å². The number of carbonyl (C=O) groups excluding carboxylic acids is 1. The van der Waals surface area contributed by atoms with E-state index in [1.807, 2.05) is 13.8 Å². The second kappa shape index (κ2) is 10.2. The van der Waals surface area contributed by atoms with Crippen LogP contribution in [0.3, 0.4) is 0 Å². The molecule has 0 aliphatic rings. The van der Waals surface area contributed by atoms with E-state index in [9.17, 15) is 4.79 Å². The number of unbranched alkanes of at least 4 members (excludes halogenated alkanes) is 1. The summed E-state index contributed by atoms with van der Waals surface area (Å²) in [5.41, 5.74) is -0.571. The van der Waals surface area contributed by atoms with Gasteiger partial charge in [-0.3, -0.25) is 4.79 Å². The summed E-state index contributed by atoms with van der Waals surface area (Å²) in [6.07, 6.45) is 5.31. The van der Waals surface area contributed by atoms with Crippen LogP contribution < -0.4 is 5.32 Å². The second-order valence-electron chi connectivity index (χ2n) is 5.28. The highest BCUT2D eigenvalue weighted by Crippen LogP contribution is 2.16. The molecule has 2 unspecified atom stereocenters. The third-order valence-corrected chi connectivity index (χ3v) is 3.37. The fraction of sp³-hybridized carbons (Fsp3) is 0.933. The Labute approximate surface area is 118 Å². The third kappa shape index (κ3) is 7.53. The average Bonchev–Trinajstić information content (AvgIpc) is 2.38. The standard InChI is InChI=1S/C15H31NO3/c1-6-10-13(3)19-12-9-8-11-15(4,16-7-2)14(17)18-5/h13,16H,6-12H2,1-5H3. The molecule has 2 atom stereocenters. The van der Waals surface area contributed by atoms with E-state index in [-0.39, 0.29) is 5.97 Å². The summed E-state index contributed by atoms with van der Waals surface area (Å²) in [6.45, 7) is 9.71. The number of carbonyl (C=O) groups is 1. The van der Waals surface area contributed by atoms with E-state index in [1.54, 1.807) is 0 Å². The van der Waals surface area contributed by atoms with Crippen LogP contribution >= 0.6 is 0 Å². The molecular weight excluding hydrogens is 242 g/mol. The average molecular weight is 273 g/mol. The van der Waals surface area contributed by atoms with E-state index < -0.39 is 5.54 Å². The molecule has 0 saturated heterocycles. The highest BCUT2D eigenvalue weighted by atomic mass is 16.5. The van der Waals surface area contributed by atoms with E-state index in [2.05, 4.69) is 19.2 Å². The summed E-state index contributed by atoms with van der Waals surface area (Å²) < 4.78 is 10.6. The molecule has 0 bridgehead atoms. The lowest BCUT2D eigenvalue weighted by Gasteiger charge is -2.27. The predicted octanol–water partition coefficient (Wildman–Crippen LogP) is 2.90. The fourth-order valence-electron chi connectivity index (χ4n) is 2.23. The highest BCUT2D eigenvalue weighted by molar-refractivity contribution is 5.80. The van der Waals surface area contributed by atoms with Crippen molar-refractivity contribution in [2.45, 2.75) is 71.4 Å². The molecule has 0 amide bonds. The van der Waals surface area contributed by atoms with Gasteiger partial charge in [-0.1, -0.05) is 20.3 Å². The first-order valence-corrected chi connectivity index (χ1v) is 7.45. The van der Waals surface area contributed by atoms with Crippen molar-refractivity contribution in [2.24, 2.45) is 0 Å². The van der Waals surface area contributed by atoms with Crippen molar-refractivity contribution in [1.82, 2.24) is 5.32 Å². The molecule has 0 aromatic rings. The first-order valence-electron chi connectivity index (χ1n) is 7.45. The summed E-state index contributed by atoms with van der Waals surface area (Å²) in [6, 6.07) is 0. The van der Waals surface area contributed by atoms with Crippen LogP contribution in [0.15, 0.2) is 0 Å². The number of nitrogens with one attached hydrogen (secondary N) is 1. The minimum atomic E-state index is -0.571. The Morgan fingerprint density at radius 2 is 2.00 bits per heavy atom. The summed E-state index contributed by atoms with van der Waals surface area (Å²) in [5, 5.41) is 3.21. The van der Waals surface area contributed by atoms with Crippen molar-refractivity contribution in [1.29, 1.82) is 0 Å². The third-order valence-electron chi connectivity index (χ3n) is 3.37. The molecule has 0 heterocycles. The number of rotatable bonds is 11. The Kier molecular flexibility index (Phi) is 9.88. The number of esters is 1. The summed E-state index contributed by atoms with van der Waals surface area (Å²) >= 11 is 0. The number of ether oxygens (including phenoxy) is 2.